The number of carbonyl (C=O) groups is 1. The Bertz CT molecular complexity index is 337. The fraction of sp³-hybridized carbons (Fsp3) is 0.300. The fourth-order valence-corrected chi connectivity index (χ4v) is 1.08. The molecule has 0 fully saturated rings. The van der Waals surface area contributed by atoms with Gasteiger partial charge in [-0.3, -0.25) is 4.79 Å². The Morgan fingerprint density at radius 3 is 2.86 bits per heavy atom. The number of ether oxygens (including phenoxy) is 1. The Balaban J connectivity index is 2.63. The van der Waals surface area contributed by atoms with Crippen LogP contribution in [-0.4, -0.2) is 19.6 Å². The molecule has 0 bridgehead atoms. The molecule has 0 saturated heterocycles. The number of methoxy groups -OCH3 is 1. The average Bonchev–Trinajstić information content (AvgIpc) is 2.16. The number of nitrogens with two attached hydrogens (primary N) is 1. The Morgan fingerprint density at radius 1 is 1.57 bits per heavy atom. The summed E-state index contributed by atoms with van der Waals surface area (Å²) in [5.41, 5.74) is 8.21. The van der Waals surface area contributed by atoms with Crippen LogP contribution in [0.2, 0.25) is 0 Å². The molecule has 4 heteroatoms. The molecule has 14 heavy (non-hydrogen) atoms. The van der Waals surface area contributed by atoms with Crippen LogP contribution >= 0.6 is 0 Å². The summed E-state index contributed by atoms with van der Waals surface area (Å²) >= 11 is 0. The van der Waals surface area contributed by atoms with Gasteiger partial charge in [0.25, 0.3) is 0 Å². The van der Waals surface area contributed by atoms with Gasteiger partial charge in [-0.25, -0.2) is 0 Å². The van der Waals surface area contributed by atoms with E-state index in [1.165, 1.54) is 7.11 Å². The van der Waals surface area contributed by atoms with E-state index in [0.29, 0.717) is 5.69 Å². The minimum absolute atomic E-state index is 0.129. The van der Waals surface area contributed by atoms with Crippen LogP contribution in [0.25, 0.3) is 0 Å². The normalized spacial score (nSPS) is 9.57. The molecule has 0 aromatic heterocycles. The Labute approximate surface area is 83.1 Å². The van der Waals surface area contributed by atoms with Crippen molar-refractivity contribution in [2.75, 3.05) is 24.7 Å². The zero-order valence-electron chi connectivity index (χ0n) is 8.33. The van der Waals surface area contributed by atoms with E-state index >= 15 is 0 Å². The van der Waals surface area contributed by atoms with Crippen LogP contribution < -0.4 is 11.1 Å². The van der Waals surface area contributed by atoms with Gasteiger partial charge in [-0.05, 0) is 24.6 Å². The number of rotatable bonds is 3. The van der Waals surface area contributed by atoms with E-state index in [-0.39, 0.29) is 12.5 Å². The first-order valence-electron chi connectivity index (χ1n) is 4.30. The van der Waals surface area contributed by atoms with Crippen LogP contribution in [0.4, 0.5) is 11.4 Å². The first-order chi connectivity index (χ1) is 6.63. The quantitative estimate of drug-likeness (QED) is 0.560. The topological polar surface area (TPSA) is 64.3 Å². The molecule has 0 amide bonds. The third-order valence-electron chi connectivity index (χ3n) is 1.86. The average molecular weight is 194 g/mol. The lowest BCUT2D eigenvalue weighted by atomic mass is 10.2. The smallest absolute Gasteiger partial charge is 0.325 e. The second kappa shape index (κ2) is 4.50. The van der Waals surface area contributed by atoms with E-state index in [1.54, 1.807) is 0 Å². The number of hydrogen-bond acceptors (Lipinski definition) is 4. The second-order valence-electron chi connectivity index (χ2n) is 3.02. The van der Waals surface area contributed by atoms with E-state index in [4.69, 9.17) is 5.73 Å². The number of nitrogen functional groups attached to an aromatic ring is 1. The maximum absolute atomic E-state index is 10.8. The van der Waals surface area contributed by atoms with Gasteiger partial charge in [0.05, 0.1) is 18.5 Å². The summed E-state index contributed by atoms with van der Waals surface area (Å²) in [6, 6.07) is 5.61. The Kier molecular flexibility index (Phi) is 3.34. The molecule has 0 spiro atoms. The molecule has 1 aromatic carbocycles. The number of anilines is 2. The lowest BCUT2D eigenvalue weighted by Crippen LogP contribution is -2.15. The van der Waals surface area contributed by atoms with Crippen LogP contribution in [0.1, 0.15) is 5.56 Å². The highest BCUT2D eigenvalue weighted by Gasteiger charge is 2.02. The molecule has 0 heterocycles. The standard InChI is InChI=1S/C10H14N2O2/c1-7-3-4-9(8(11)5-7)12-6-10(13)14-2/h3-5,12H,6,11H2,1-2H3. The molecule has 0 unspecified atom stereocenters. The van der Waals surface area contributed by atoms with Gasteiger partial charge in [-0.15, -0.1) is 0 Å². The first kappa shape index (κ1) is 10.4. The summed E-state index contributed by atoms with van der Waals surface area (Å²) in [4.78, 5) is 10.8. The fourth-order valence-electron chi connectivity index (χ4n) is 1.08. The van der Waals surface area contributed by atoms with E-state index in [1.807, 2.05) is 25.1 Å². The highest BCUT2D eigenvalue weighted by molar-refractivity contribution is 5.77. The molecule has 0 saturated carbocycles. The first-order valence-corrected chi connectivity index (χ1v) is 4.30. The number of hydrogen-bond donors (Lipinski definition) is 2. The predicted octanol–water partition coefficient (Wildman–Crippen LogP) is 1.16. The molecule has 0 aliphatic rings. The van der Waals surface area contributed by atoms with Gasteiger partial charge in [0, 0.05) is 0 Å². The molecule has 1 aromatic rings. The van der Waals surface area contributed by atoms with Crippen molar-refractivity contribution < 1.29 is 9.53 Å². The summed E-state index contributed by atoms with van der Waals surface area (Å²) in [5.74, 6) is -0.315. The molecular formula is C10H14N2O2. The van der Waals surface area contributed by atoms with Crippen molar-refractivity contribution in [3.63, 3.8) is 0 Å². The van der Waals surface area contributed by atoms with E-state index in [0.717, 1.165) is 11.3 Å². The lowest BCUT2D eigenvalue weighted by molar-refractivity contribution is -0.138. The molecular weight excluding hydrogens is 180 g/mol. The van der Waals surface area contributed by atoms with E-state index < -0.39 is 0 Å². The van der Waals surface area contributed by atoms with Crippen LogP contribution in [0.3, 0.4) is 0 Å². The maximum atomic E-state index is 10.8. The van der Waals surface area contributed by atoms with Crippen molar-refractivity contribution in [1.29, 1.82) is 0 Å². The number of benzene rings is 1. The Morgan fingerprint density at radius 2 is 2.29 bits per heavy atom. The molecule has 4 nitrogen and oxygen atoms in total. The van der Waals surface area contributed by atoms with Gasteiger partial charge >= 0.3 is 5.97 Å². The maximum Gasteiger partial charge on any atom is 0.325 e. The van der Waals surface area contributed by atoms with Crippen LogP contribution in [-0.2, 0) is 9.53 Å². The summed E-state index contributed by atoms with van der Waals surface area (Å²) < 4.78 is 4.49. The van der Waals surface area contributed by atoms with Crippen molar-refractivity contribution in [2.45, 2.75) is 6.92 Å². The van der Waals surface area contributed by atoms with Crippen molar-refractivity contribution >= 4 is 17.3 Å². The molecule has 0 radical (unpaired) electrons. The molecule has 1 rings (SSSR count). The van der Waals surface area contributed by atoms with Gasteiger partial charge in [-0.2, -0.15) is 0 Å². The van der Waals surface area contributed by atoms with Gasteiger partial charge in [0.2, 0.25) is 0 Å². The number of carbonyl (C=O) groups excluding carboxylic acids is 1. The van der Waals surface area contributed by atoms with E-state index in [2.05, 4.69) is 10.1 Å². The lowest BCUT2D eigenvalue weighted by Gasteiger charge is -2.08. The molecule has 3 N–H and O–H groups in total. The van der Waals surface area contributed by atoms with Gasteiger partial charge in [0.1, 0.15) is 6.54 Å². The summed E-state index contributed by atoms with van der Waals surface area (Å²) in [7, 11) is 1.35. The summed E-state index contributed by atoms with van der Waals surface area (Å²) in [5, 5.41) is 2.89. The third-order valence-corrected chi connectivity index (χ3v) is 1.86. The zero-order chi connectivity index (χ0) is 10.6. The monoisotopic (exact) mass is 194 g/mol. The minimum Gasteiger partial charge on any atom is -0.468 e. The van der Waals surface area contributed by atoms with E-state index in [9.17, 15) is 4.79 Å². The Hall–Kier alpha value is -1.71. The third kappa shape index (κ3) is 2.65. The van der Waals surface area contributed by atoms with Gasteiger partial charge < -0.3 is 15.8 Å². The number of nitrogens with one attached hydrogen (secondary N) is 1. The highest BCUT2D eigenvalue weighted by atomic mass is 16.5. The summed E-state index contributed by atoms with van der Waals surface area (Å²) in [6.07, 6.45) is 0. The second-order valence-corrected chi connectivity index (χ2v) is 3.02. The van der Waals surface area contributed by atoms with Crippen molar-refractivity contribution in [3.8, 4) is 0 Å². The SMILES string of the molecule is COC(=O)CNc1ccc(C)cc1N. The van der Waals surface area contributed by atoms with Crippen molar-refractivity contribution in [1.82, 2.24) is 0 Å². The highest BCUT2D eigenvalue weighted by Crippen LogP contribution is 2.18. The van der Waals surface area contributed by atoms with Gasteiger partial charge in [-0.1, -0.05) is 6.07 Å². The van der Waals surface area contributed by atoms with Gasteiger partial charge in [0.15, 0.2) is 0 Å². The summed E-state index contributed by atoms with van der Waals surface area (Å²) in [6.45, 7) is 2.09. The number of esters is 1. The van der Waals surface area contributed by atoms with Crippen molar-refractivity contribution in [2.24, 2.45) is 0 Å². The molecule has 0 aliphatic carbocycles. The van der Waals surface area contributed by atoms with Crippen LogP contribution in [0, 0.1) is 6.92 Å². The number of aryl methyl sites for hydroxylation is 1. The van der Waals surface area contributed by atoms with Crippen LogP contribution in [0.15, 0.2) is 18.2 Å². The molecule has 0 atom stereocenters. The molecule has 76 valence electrons. The molecule has 0 aliphatic heterocycles. The predicted molar refractivity (Wildman–Crippen MR) is 56.1 cm³/mol. The minimum atomic E-state index is -0.315. The zero-order valence-corrected chi connectivity index (χ0v) is 8.33. The largest absolute Gasteiger partial charge is 0.468 e. The van der Waals surface area contributed by atoms with Crippen molar-refractivity contribution in [3.05, 3.63) is 23.8 Å². The van der Waals surface area contributed by atoms with Crippen LogP contribution in [0.5, 0.6) is 0 Å².